The highest BCUT2D eigenvalue weighted by atomic mass is 32.2. The lowest BCUT2D eigenvalue weighted by Gasteiger charge is -2.28. The molecule has 242 valence electrons. The van der Waals surface area contributed by atoms with Crippen LogP contribution in [0.3, 0.4) is 0 Å². The fraction of sp³-hybridized carbons (Fsp3) is 0.600. The van der Waals surface area contributed by atoms with Gasteiger partial charge in [0.1, 0.15) is 6.10 Å². The van der Waals surface area contributed by atoms with Gasteiger partial charge in [-0.2, -0.15) is 0 Å². The molecule has 9 heteroatoms. The van der Waals surface area contributed by atoms with Crippen LogP contribution in [-0.4, -0.2) is 44.3 Å². The van der Waals surface area contributed by atoms with Crippen LogP contribution in [0.5, 0.6) is 0 Å². The molecule has 2 aromatic rings. The summed E-state index contributed by atoms with van der Waals surface area (Å²) in [6.45, 7) is 8.05. The number of unbranched alkanes of at least 4 members (excludes halogenated alkanes) is 8. The first kappa shape index (κ1) is 35.8. The first-order chi connectivity index (χ1) is 21.2. The fourth-order valence-corrected chi connectivity index (χ4v) is 7.41. The van der Waals surface area contributed by atoms with Crippen LogP contribution in [0.2, 0.25) is 0 Å². The molecule has 1 saturated heterocycles. The van der Waals surface area contributed by atoms with Crippen molar-refractivity contribution in [1.82, 2.24) is 0 Å². The summed E-state index contributed by atoms with van der Waals surface area (Å²) in [6, 6.07) is 15.8. The van der Waals surface area contributed by atoms with Gasteiger partial charge in [-0.1, -0.05) is 117 Å². The van der Waals surface area contributed by atoms with E-state index in [0.29, 0.717) is 6.61 Å². The molecule has 0 radical (unpaired) electrons. The molecule has 0 aromatic heterocycles. The Hall–Kier alpha value is -2.68. The molecule has 0 amide bonds. The summed E-state index contributed by atoms with van der Waals surface area (Å²) in [7, 11) is -3.84. The Kier molecular flexibility index (Phi) is 14.9. The molecular formula is C35H51N3O5S. The van der Waals surface area contributed by atoms with Gasteiger partial charge in [0.05, 0.1) is 35.5 Å². The summed E-state index contributed by atoms with van der Waals surface area (Å²) < 4.78 is 46.9. The van der Waals surface area contributed by atoms with Crippen molar-refractivity contribution in [3.8, 4) is 0 Å². The molecule has 2 aromatic carbocycles. The van der Waals surface area contributed by atoms with Gasteiger partial charge in [0.2, 0.25) is 0 Å². The largest absolute Gasteiger partial charge is 0.376 e. The number of hydrogen-bond donors (Lipinski definition) is 0. The first-order valence-corrected chi connectivity index (χ1v) is 17.7. The van der Waals surface area contributed by atoms with Gasteiger partial charge in [0.25, 0.3) is 0 Å². The maximum absolute atomic E-state index is 14.2. The maximum atomic E-state index is 14.2. The second kappa shape index (κ2) is 18.3. The molecule has 0 N–H and O–H groups in total. The van der Waals surface area contributed by atoms with E-state index >= 15 is 0 Å². The average Bonchev–Trinajstić information content (AvgIpc) is 3.32. The average molecular weight is 626 g/mol. The number of ether oxygens (including phenoxy) is 3. The molecule has 4 atom stereocenters. The molecule has 0 bridgehead atoms. The summed E-state index contributed by atoms with van der Waals surface area (Å²) >= 11 is 0. The molecule has 0 unspecified atom stereocenters. The molecule has 0 aliphatic carbocycles. The number of azide groups is 1. The summed E-state index contributed by atoms with van der Waals surface area (Å²) in [4.78, 5) is 3.29. The van der Waals surface area contributed by atoms with Crippen molar-refractivity contribution >= 4 is 9.84 Å². The third-order valence-corrected chi connectivity index (χ3v) is 10.2. The zero-order valence-electron chi connectivity index (χ0n) is 26.9. The van der Waals surface area contributed by atoms with E-state index in [1.54, 1.807) is 38.1 Å². The molecule has 44 heavy (non-hydrogen) atoms. The van der Waals surface area contributed by atoms with E-state index in [-0.39, 0.29) is 17.9 Å². The van der Waals surface area contributed by atoms with Crippen molar-refractivity contribution in [2.24, 2.45) is 5.11 Å². The van der Waals surface area contributed by atoms with Crippen molar-refractivity contribution < 1.29 is 22.6 Å². The van der Waals surface area contributed by atoms with Crippen molar-refractivity contribution in [2.75, 3.05) is 6.61 Å². The normalized spacial score (nSPS) is 19.5. The quantitative estimate of drug-likeness (QED) is 0.0479. The van der Waals surface area contributed by atoms with Crippen LogP contribution in [-0.2, 0) is 30.7 Å². The van der Waals surface area contributed by atoms with E-state index in [0.717, 1.165) is 24.0 Å². The third kappa shape index (κ3) is 11.4. The standard InChI is InChI=1S/C35H51N3O5S/c1-5-6-7-8-9-10-11-12-13-14-18-21-32(44(39,40)30-24-22-28(2)23-25-30)34-33(42-35(3,4)43-34)31(37-38-36)27-41-26-29-19-16-15-17-20-29/h14-20,22-25,31-34H,5-13,21,26-27H2,1-4H3/b18-14+/t31-,32+,33-,34-/m1/s1. The van der Waals surface area contributed by atoms with Gasteiger partial charge in [-0.3, -0.25) is 0 Å². The van der Waals surface area contributed by atoms with Crippen LogP contribution in [0.4, 0.5) is 0 Å². The SMILES string of the molecule is CCCCCCCCCC/C=C/C[C@@H]([C@H]1OC(C)(C)O[C@@H]1[C@@H](COCc1ccccc1)N=[N+]=[N-])S(=O)(=O)c1ccc(C)cc1. The number of hydrogen-bond acceptors (Lipinski definition) is 6. The predicted octanol–water partition coefficient (Wildman–Crippen LogP) is 9.03. The van der Waals surface area contributed by atoms with Crippen LogP contribution in [0, 0.1) is 6.92 Å². The molecule has 1 aliphatic heterocycles. The second-order valence-electron chi connectivity index (χ2n) is 12.2. The molecule has 0 spiro atoms. The van der Waals surface area contributed by atoms with Crippen LogP contribution in [0.25, 0.3) is 10.4 Å². The summed E-state index contributed by atoms with van der Waals surface area (Å²) in [6.07, 6.45) is 13.5. The molecule has 3 rings (SSSR count). The number of allylic oxidation sites excluding steroid dienone is 2. The molecule has 1 heterocycles. The second-order valence-corrected chi connectivity index (χ2v) is 14.4. The zero-order valence-corrected chi connectivity index (χ0v) is 27.8. The molecule has 8 nitrogen and oxygen atoms in total. The monoisotopic (exact) mass is 625 g/mol. The minimum absolute atomic E-state index is 0.0607. The van der Waals surface area contributed by atoms with Gasteiger partial charge in [0, 0.05) is 4.91 Å². The van der Waals surface area contributed by atoms with Gasteiger partial charge in [0.15, 0.2) is 15.6 Å². The van der Waals surface area contributed by atoms with E-state index in [2.05, 4.69) is 23.0 Å². The minimum Gasteiger partial charge on any atom is -0.376 e. The fourth-order valence-electron chi connectivity index (χ4n) is 5.62. The highest BCUT2D eigenvalue weighted by Crippen LogP contribution is 2.38. The van der Waals surface area contributed by atoms with Crippen LogP contribution in [0.15, 0.2) is 76.8 Å². The smallest absolute Gasteiger partial charge is 0.184 e. The lowest BCUT2D eigenvalue weighted by molar-refractivity contribution is -0.149. The van der Waals surface area contributed by atoms with Gasteiger partial charge >= 0.3 is 0 Å². The highest BCUT2D eigenvalue weighted by molar-refractivity contribution is 7.92. The van der Waals surface area contributed by atoms with Gasteiger partial charge in [-0.15, -0.1) is 0 Å². The first-order valence-electron chi connectivity index (χ1n) is 16.1. The Labute approximate surface area is 264 Å². The molecule has 1 fully saturated rings. The summed E-state index contributed by atoms with van der Waals surface area (Å²) in [5, 5.41) is 3.05. The highest BCUT2D eigenvalue weighted by Gasteiger charge is 2.51. The molecular weight excluding hydrogens is 574 g/mol. The maximum Gasteiger partial charge on any atom is 0.184 e. The number of rotatable bonds is 20. The van der Waals surface area contributed by atoms with Crippen molar-refractivity contribution in [1.29, 1.82) is 0 Å². The summed E-state index contributed by atoms with van der Waals surface area (Å²) in [5.74, 6) is -1.07. The number of aryl methyl sites for hydroxylation is 1. The van der Waals surface area contributed by atoms with E-state index in [1.807, 2.05) is 43.3 Å². The van der Waals surface area contributed by atoms with Crippen LogP contribution in [0.1, 0.15) is 96.1 Å². The Morgan fingerprint density at radius 1 is 0.932 bits per heavy atom. The topological polar surface area (TPSA) is 111 Å². The van der Waals surface area contributed by atoms with Crippen LogP contribution < -0.4 is 0 Å². The van der Waals surface area contributed by atoms with Gasteiger partial charge < -0.3 is 14.2 Å². The van der Waals surface area contributed by atoms with Crippen molar-refractivity contribution in [3.05, 3.63) is 88.3 Å². The molecule has 0 saturated carbocycles. The van der Waals surface area contributed by atoms with Gasteiger partial charge in [-0.05, 0) is 63.3 Å². The van der Waals surface area contributed by atoms with E-state index in [9.17, 15) is 13.9 Å². The minimum atomic E-state index is -3.84. The Morgan fingerprint density at radius 3 is 2.23 bits per heavy atom. The number of benzene rings is 2. The van der Waals surface area contributed by atoms with Crippen LogP contribution >= 0.6 is 0 Å². The molecule has 1 aliphatic rings. The summed E-state index contributed by atoms with van der Waals surface area (Å²) in [5.41, 5.74) is 11.4. The number of sulfone groups is 1. The Bertz CT molecular complexity index is 1290. The predicted molar refractivity (Wildman–Crippen MR) is 176 cm³/mol. The Morgan fingerprint density at radius 2 is 1.57 bits per heavy atom. The van der Waals surface area contributed by atoms with Gasteiger partial charge in [-0.25, -0.2) is 8.42 Å². The number of nitrogens with zero attached hydrogens (tertiary/aromatic N) is 3. The third-order valence-electron chi connectivity index (χ3n) is 8.02. The van der Waals surface area contributed by atoms with E-state index < -0.39 is 39.1 Å². The van der Waals surface area contributed by atoms with Crippen molar-refractivity contribution in [2.45, 2.75) is 133 Å². The van der Waals surface area contributed by atoms with E-state index in [1.165, 1.54) is 44.9 Å². The lowest BCUT2D eigenvalue weighted by Crippen LogP contribution is -2.46. The Balaban J connectivity index is 1.77. The van der Waals surface area contributed by atoms with E-state index in [4.69, 9.17) is 14.2 Å². The zero-order chi connectivity index (χ0) is 31.8. The van der Waals surface area contributed by atoms with Crippen molar-refractivity contribution in [3.63, 3.8) is 0 Å². The lowest BCUT2D eigenvalue weighted by atomic mass is 10.0.